The Morgan fingerprint density at radius 1 is 1.56 bits per heavy atom. The second-order valence-corrected chi connectivity index (χ2v) is 5.01. The molecule has 1 amide bonds. The van der Waals surface area contributed by atoms with Gasteiger partial charge in [-0.3, -0.25) is 4.79 Å². The van der Waals surface area contributed by atoms with Crippen LogP contribution < -0.4 is 10.6 Å². The number of methoxy groups -OCH3 is 1. The maximum Gasteiger partial charge on any atom is 0.237 e. The Bertz CT molecular complexity index is 231. The van der Waals surface area contributed by atoms with E-state index in [1.807, 2.05) is 0 Å². The van der Waals surface area contributed by atoms with Gasteiger partial charge in [0.25, 0.3) is 0 Å². The summed E-state index contributed by atoms with van der Waals surface area (Å²) >= 11 is 0. The highest BCUT2D eigenvalue weighted by Crippen LogP contribution is 2.15. The summed E-state index contributed by atoms with van der Waals surface area (Å²) in [6.45, 7) is 7.82. The molecule has 94 valence electrons. The minimum absolute atomic E-state index is 0.0295. The zero-order valence-electron chi connectivity index (χ0n) is 10.7. The van der Waals surface area contributed by atoms with Gasteiger partial charge in [0.2, 0.25) is 5.91 Å². The van der Waals surface area contributed by atoms with E-state index >= 15 is 0 Å². The Morgan fingerprint density at radius 2 is 2.25 bits per heavy atom. The van der Waals surface area contributed by atoms with Crippen molar-refractivity contribution in [2.24, 2.45) is 11.8 Å². The SMILES string of the molecule is COCC(NC(=O)C1NCCC1C)C(C)C. The van der Waals surface area contributed by atoms with E-state index in [4.69, 9.17) is 4.74 Å². The molecule has 3 unspecified atom stereocenters. The fourth-order valence-electron chi connectivity index (χ4n) is 2.04. The normalized spacial score (nSPS) is 27.1. The quantitative estimate of drug-likeness (QED) is 0.731. The highest BCUT2D eigenvalue weighted by molar-refractivity contribution is 5.82. The Balaban J connectivity index is 2.47. The van der Waals surface area contributed by atoms with Crippen LogP contribution in [0.5, 0.6) is 0 Å². The summed E-state index contributed by atoms with van der Waals surface area (Å²) < 4.78 is 5.12. The van der Waals surface area contributed by atoms with E-state index in [9.17, 15) is 4.79 Å². The molecule has 1 aliphatic rings. The largest absolute Gasteiger partial charge is 0.383 e. The predicted octanol–water partition coefficient (Wildman–Crippen LogP) is 0.772. The van der Waals surface area contributed by atoms with E-state index in [1.165, 1.54) is 0 Å². The van der Waals surface area contributed by atoms with E-state index in [2.05, 4.69) is 31.4 Å². The number of amides is 1. The Labute approximate surface area is 98.1 Å². The van der Waals surface area contributed by atoms with Crippen LogP contribution in [0.2, 0.25) is 0 Å². The summed E-state index contributed by atoms with van der Waals surface area (Å²) in [5.41, 5.74) is 0. The van der Waals surface area contributed by atoms with E-state index in [0.29, 0.717) is 18.4 Å². The molecule has 2 N–H and O–H groups in total. The van der Waals surface area contributed by atoms with E-state index in [0.717, 1.165) is 13.0 Å². The molecule has 1 aliphatic heterocycles. The second kappa shape index (κ2) is 6.21. The standard InChI is InChI=1S/C12H24N2O2/c1-8(2)10(7-16-4)14-12(15)11-9(3)5-6-13-11/h8-11,13H,5-7H2,1-4H3,(H,14,15). The zero-order chi connectivity index (χ0) is 12.1. The molecule has 0 aromatic carbocycles. The first-order chi connectivity index (χ1) is 7.56. The minimum Gasteiger partial charge on any atom is -0.383 e. The molecule has 0 radical (unpaired) electrons. The molecule has 3 atom stereocenters. The van der Waals surface area contributed by atoms with Crippen LogP contribution in [-0.2, 0) is 9.53 Å². The smallest absolute Gasteiger partial charge is 0.237 e. The average Bonchev–Trinajstić information content (AvgIpc) is 2.63. The number of hydrogen-bond donors (Lipinski definition) is 2. The van der Waals surface area contributed by atoms with Crippen LogP contribution in [0.25, 0.3) is 0 Å². The van der Waals surface area contributed by atoms with Crippen molar-refractivity contribution in [2.75, 3.05) is 20.3 Å². The second-order valence-electron chi connectivity index (χ2n) is 5.01. The summed E-state index contributed by atoms with van der Waals surface area (Å²) in [5, 5.41) is 6.30. The molecule has 1 rings (SSSR count). The third-order valence-electron chi connectivity index (χ3n) is 3.29. The van der Waals surface area contributed by atoms with Crippen molar-refractivity contribution in [1.29, 1.82) is 0 Å². The highest BCUT2D eigenvalue weighted by Gasteiger charge is 2.30. The van der Waals surface area contributed by atoms with Crippen molar-refractivity contribution in [2.45, 2.75) is 39.3 Å². The van der Waals surface area contributed by atoms with Crippen molar-refractivity contribution < 1.29 is 9.53 Å². The Kier molecular flexibility index (Phi) is 5.22. The monoisotopic (exact) mass is 228 g/mol. The molecule has 0 aromatic heterocycles. The van der Waals surface area contributed by atoms with Crippen molar-refractivity contribution in [3.63, 3.8) is 0 Å². The molecule has 4 heteroatoms. The third-order valence-corrected chi connectivity index (χ3v) is 3.29. The van der Waals surface area contributed by atoms with Crippen molar-refractivity contribution in [1.82, 2.24) is 10.6 Å². The van der Waals surface area contributed by atoms with Crippen LogP contribution in [0.15, 0.2) is 0 Å². The van der Waals surface area contributed by atoms with E-state index in [-0.39, 0.29) is 18.0 Å². The number of nitrogens with one attached hydrogen (secondary N) is 2. The first kappa shape index (κ1) is 13.5. The lowest BCUT2D eigenvalue weighted by Gasteiger charge is -2.24. The summed E-state index contributed by atoms with van der Waals surface area (Å²) in [6, 6.07) is 0.0743. The molecule has 0 bridgehead atoms. The van der Waals surface area contributed by atoms with Gasteiger partial charge in [0.05, 0.1) is 18.7 Å². The molecule has 16 heavy (non-hydrogen) atoms. The van der Waals surface area contributed by atoms with E-state index < -0.39 is 0 Å². The summed E-state index contributed by atoms with van der Waals surface area (Å²) in [5.74, 6) is 0.928. The van der Waals surface area contributed by atoms with E-state index in [1.54, 1.807) is 7.11 Å². The molecule has 0 aliphatic carbocycles. The fraction of sp³-hybridized carbons (Fsp3) is 0.917. The van der Waals surface area contributed by atoms with Gasteiger partial charge in [-0.1, -0.05) is 20.8 Å². The zero-order valence-corrected chi connectivity index (χ0v) is 10.7. The topological polar surface area (TPSA) is 50.4 Å². The summed E-state index contributed by atoms with van der Waals surface area (Å²) in [4.78, 5) is 12.0. The Morgan fingerprint density at radius 3 is 2.69 bits per heavy atom. The maximum absolute atomic E-state index is 12.0. The van der Waals surface area contributed by atoms with Crippen molar-refractivity contribution in [3.8, 4) is 0 Å². The molecule has 1 saturated heterocycles. The first-order valence-corrected chi connectivity index (χ1v) is 6.09. The summed E-state index contributed by atoms with van der Waals surface area (Å²) in [6.07, 6.45) is 1.08. The van der Waals surface area contributed by atoms with Gasteiger partial charge in [0.15, 0.2) is 0 Å². The predicted molar refractivity (Wildman–Crippen MR) is 64.2 cm³/mol. The number of hydrogen-bond acceptors (Lipinski definition) is 3. The molecule has 1 fully saturated rings. The number of carbonyl (C=O) groups excluding carboxylic acids is 1. The average molecular weight is 228 g/mol. The van der Waals surface area contributed by atoms with Gasteiger partial charge in [0, 0.05) is 7.11 Å². The van der Waals surface area contributed by atoms with Gasteiger partial charge in [-0.2, -0.15) is 0 Å². The lowest BCUT2D eigenvalue weighted by molar-refractivity contribution is -0.125. The number of carbonyl (C=O) groups is 1. The molecule has 0 saturated carbocycles. The van der Waals surface area contributed by atoms with Gasteiger partial charge < -0.3 is 15.4 Å². The van der Waals surface area contributed by atoms with Gasteiger partial charge in [-0.05, 0) is 24.8 Å². The molecular weight excluding hydrogens is 204 g/mol. The maximum atomic E-state index is 12.0. The number of ether oxygens (including phenoxy) is 1. The number of rotatable bonds is 5. The minimum atomic E-state index is -0.0295. The molecule has 1 heterocycles. The van der Waals surface area contributed by atoms with Crippen LogP contribution in [0.3, 0.4) is 0 Å². The highest BCUT2D eigenvalue weighted by atomic mass is 16.5. The van der Waals surface area contributed by atoms with Gasteiger partial charge in [-0.25, -0.2) is 0 Å². The Hall–Kier alpha value is -0.610. The van der Waals surface area contributed by atoms with Crippen LogP contribution >= 0.6 is 0 Å². The van der Waals surface area contributed by atoms with Crippen LogP contribution in [0.1, 0.15) is 27.2 Å². The van der Waals surface area contributed by atoms with Crippen LogP contribution in [0.4, 0.5) is 0 Å². The van der Waals surface area contributed by atoms with Gasteiger partial charge >= 0.3 is 0 Å². The van der Waals surface area contributed by atoms with Crippen LogP contribution in [-0.4, -0.2) is 38.3 Å². The van der Waals surface area contributed by atoms with Gasteiger partial charge in [-0.15, -0.1) is 0 Å². The first-order valence-electron chi connectivity index (χ1n) is 6.09. The fourth-order valence-corrected chi connectivity index (χ4v) is 2.04. The van der Waals surface area contributed by atoms with Crippen LogP contribution in [0, 0.1) is 11.8 Å². The van der Waals surface area contributed by atoms with Gasteiger partial charge in [0.1, 0.15) is 0 Å². The third kappa shape index (κ3) is 3.46. The van der Waals surface area contributed by atoms with Crippen molar-refractivity contribution in [3.05, 3.63) is 0 Å². The summed E-state index contributed by atoms with van der Waals surface area (Å²) in [7, 11) is 1.66. The lowest BCUT2D eigenvalue weighted by Crippen LogP contribution is -2.50. The molecule has 0 spiro atoms. The molecule has 0 aromatic rings. The molecular formula is C12H24N2O2. The molecule has 4 nitrogen and oxygen atoms in total. The van der Waals surface area contributed by atoms with Crippen molar-refractivity contribution >= 4 is 5.91 Å². The lowest BCUT2D eigenvalue weighted by atomic mass is 10.0.